The molecule has 25 heavy (non-hydrogen) atoms. The number of thioether (sulfide) groups is 1. The summed E-state index contributed by atoms with van der Waals surface area (Å²) in [6, 6.07) is 14.6. The summed E-state index contributed by atoms with van der Waals surface area (Å²) in [5.41, 5.74) is 6.53. The largest absolute Gasteiger partial charge is 0.483 e. The first-order valence-corrected chi connectivity index (χ1v) is 9.02. The lowest BCUT2D eigenvalue weighted by atomic mass is 10.2. The number of carbonyl (C=O) groups is 2. The fourth-order valence-corrected chi connectivity index (χ4v) is 3.87. The number of amides is 2. The molecule has 1 aliphatic rings. The number of nitrogens with two attached hydrogens (primary N) is 1. The van der Waals surface area contributed by atoms with Crippen LogP contribution in [0.3, 0.4) is 0 Å². The van der Waals surface area contributed by atoms with Crippen LogP contribution in [0, 0.1) is 0 Å². The summed E-state index contributed by atoms with van der Waals surface area (Å²) in [7, 11) is 0. The lowest BCUT2D eigenvalue weighted by molar-refractivity contribution is -0.120. The number of ether oxygens (including phenoxy) is 1. The van der Waals surface area contributed by atoms with Gasteiger partial charge in [-0.1, -0.05) is 31.2 Å². The number of hydrogen-bond donors (Lipinski definition) is 1. The summed E-state index contributed by atoms with van der Waals surface area (Å²) in [5.74, 6) is -0.385. The topological polar surface area (TPSA) is 72.6 Å². The summed E-state index contributed by atoms with van der Waals surface area (Å²) >= 11 is 1.78. The number of nitrogens with zero attached hydrogens (tertiary/aromatic N) is 1. The predicted octanol–water partition coefficient (Wildman–Crippen LogP) is 3.08. The molecule has 5 nitrogen and oxygen atoms in total. The number of carbonyl (C=O) groups excluding carboxylic acids is 2. The first-order valence-electron chi connectivity index (χ1n) is 8.14. The minimum absolute atomic E-state index is 0.138. The quantitative estimate of drug-likeness (QED) is 0.914. The van der Waals surface area contributed by atoms with Crippen LogP contribution < -0.4 is 15.4 Å². The van der Waals surface area contributed by atoms with Gasteiger partial charge in [0.05, 0.1) is 11.3 Å². The van der Waals surface area contributed by atoms with Crippen molar-refractivity contribution in [2.75, 3.05) is 18.1 Å². The summed E-state index contributed by atoms with van der Waals surface area (Å²) in [6.07, 6.45) is 0.906. The Kier molecular flexibility index (Phi) is 5.28. The van der Waals surface area contributed by atoms with Gasteiger partial charge in [-0.15, -0.1) is 11.8 Å². The van der Waals surface area contributed by atoms with Crippen LogP contribution >= 0.6 is 11.8 Å². The molecular weight excluding hydrogens is 336 g/mol. The van der Waals surface area contributed by atoms with E-state index >= 15 is 0 Å². The fourth-order valence-electron chi connectivity index (χ4n) is 2.76. The Labute approximate surface area is 151 Å². The van der Waals surface area contributed by atoms with Crippen LogP contribution in [0.1, 0.15) is 23.7 Å². The van der Waals surface area contributed by atoms with E-state index in [9.17, 15) is 9.59 Å². The molecular formula is C19H20N2O3S. The normalized spacial score (nSPS) is 16.7. The van der Waals surface area contributed by atoms with Crippen molar-refractivity contribution >= 4 is 29.3 Å². The van der Waals surface area contributed by atoms with Crippen molar-refractivity contribution < 1.29 is 14.3 Å². The van der Waals surface area contributed by atoms with Crippen LogP contribution in [0.2, 0.25) is 0 Å². The number of fused-ring (bicyclic) bond motifs is 1. The monoisotopic (exact) mass is 356 g/mol. The number of para-hydroxylation sites is 2. The molecule has 0 radical (unpaired) electrons. The summed E-state index contributed by atoms with van der Waals surface area (Å²) in [6.45, 7) is 2.66. The predicted molar refractivity (Wildman–Crippen MR) is 99.2 cm³/mol. The zero-order chi connectivity index (χ0) is 17.8. The average molecular weight is 356 g/mol. The van der Waals surface area contributed by atoms with Crippen molar-refractivity contribution in [3.63, 3.8) is 0 Å². The zero-order valence-electron chi connectivity index (χ0n) is 14.0. The van der Waals surface area contributed by atoms with Crippen LogP contribution in [-0.4, -0.2) is 30.2 Å². The van der Waals surface area contributed by atoms with Gasteiger partial charge in [-0.3, -0.25) is 9.59 Å². The highest BCUT2D eigenvalue weighted by Crippen LogP contribution is 2.37. The zero-order valence-corrected chi connectivity index (χ0v) is 14.8. The van der Waals surface area contributed by atoms with Gasteiger partial charge < -0.3 is 15.4 Å². The van der Waals surface area contributed by atoms with Gasteiger partial charge in [0.15, 0.2) is 6.61 Å². The third kappa shape index (κ3) is 3.96. The van der Waals surface area contributed by atoms with Gasteiger partial charge in [-0.2, -0.15) is 0 Å². The Morgan fingerprint density at radius 1 is 1.20 bits per heavy atom. The molecule has 2 aromatic rings. The van der Waals surface area contributed by atoms with Gasteiger partial charge in [0, 0.05) is 16.7 Å². The first kappa shape index (κ1) is 17.4. The smallest absolute Gasteiger partial charge is 0.264 e. The molecule has 2 amide bonds. The van der Waals surface area contributed by atoms with Gasteiger partial charge in [0.1, 0.15) is 5.75 Å². The van der Waals surface area contributed by atoms with E-state index < -0.39 is 5.91 Å². The summed E-state index contributed by atoms with van der Waals surface area (Å²) < 4.78 is 5.60. The van der Waals surface area contributed by atoms with Gasteiger partial charge in [0.2, 0.25) is 0 Å². The maximum atomic E-state index is 12.8. The van der Waals surface area contributed by atoms with Crippen LogP contribution in [0.4, 0.5) is 5.69 Å². The van der Waals surface area contributed by atoms with E-state index in [-0.39, 0.29) is 18.1 Å². The van der Waals surface area contributed by atoms with E-state index in [1.807, 2.05) is 24.3 Å². The molecule has 6 heteroatoms. The molecule has 1 aliphatic heterocycles. The molecule has 3 rings (SSSR count). The summed E-state index contributed by atoms with van der Waals surface area (Å²) in [4.78, 5) is 27.1. The lowest BCUT2D eigenvalue weighted by Crippen LogP contribution is -2.36. The Morgan fingerprint density at radius 2 is 1.92 bits per heavy atom. The maximum absolute atomic E-state index is 12.8. The number of hydrogen-bond acceptors (Lipinski definition) is 4. The van der Waals surface area contributed by atoms with Gasteiger partial charge >= 0.3 is 0 Å². The minimum atomic E-state index is -0.576. The molecule has 2 N–H and O–H groups in total. The molecule has 130 valence electrons. The van der Waals surface area contributed by atoms with Crippen LogP contribution in [0.25, 0.3) is 0 Å². The second kappa shape index (κ2) is 7.61. The first-order chi connectivity index (χ1) is 12.1. The molecule has 0 saturated carbocycles. The van der Waals surface area contributed by atoms with Crippen LogP contribution in [0.15, 0.2) is 53.4 Å². The molecule has 0 unspecified atom stereocenters. The van der Waals surface area contributed by atoms with Crippen molar-refractivity contribution in [1.29, 1.82) is 0 Å². The number of primary amides is 1. The van der Waals surface area contributed by atoms with Crippen LogP contribution in [-0.2, 0) is 4.79 Å². The molecule has 2 aromatic carbocycles. The van der Waals surface area contributed by atoms with E-state index in [0.717, 1.165) is 17.0 Å². The molecule has 1 heterocycles. The highest BCUT2D eigenvalue weighted by atomic mass is 32.2. The van der Waals surface area contributed by atoms with Crippen LogP contribution in [0.5, 0.6) is 5.75 Å². The molecule has 1 atom stereocenters. The molecule has 0 spiro atoms. The molecule has 0 bridgehead atoms. The van der Waals surface area contributed by atoms with Gasteiger partial charge in [-0.25, -0.2) is 0 Å². The van der Waals surface area contributed by atoms with Crippen molar-refractivity contribution in [2.24, 2.45) is 5.73 Å². The van der Waals surface area contributed by atoms with E-state index in [4.69, 9.17) is 10.5 Å². The summed E-state index contributed by atoms with van der Waals surface area (Å²) in [5, 5.41) is 0.440. The van der Waals surface area contributed by atoms with E-state index in [2.05, 4.69) is 6.92 Å². The number of rotatable bonds is 4. The second-order valence-corrected chi connectivity index (χ2v) is 7.36. The van der Waals surface area contributed by atoms with E-state index in [1.54, 1.807) is 40.9 Å². The maximum Gasteiger partial charge on any atom is 0.264 e. The molecule has 0 aliphatic carbocycles. The van der Waals surface area contributed by atoms with E-state index in [1.165, 1.54) is 0 Å². The van der Waals surface area contributed by atoms with Crippen molar-refractivity contribution in [3.05, 3.63) is 54.1 Å². The van der Waals surface area contributed by atoms with Crippen molar-refractivity contribution in [2.45, 2.75) is 23.5 Å². The SMILES string of the molecule is C[C@H]1CCN(C(=O)COc2ccccc2C(N)=O)c2ccccc2S1. The Balaban J connectivity index is 1.77. The lowest BCUT2D eigenvalue weighted by Gasteiger charge is -2.22. The molecule has 0 aromatic heterocycles. The van der Waals surface area contributed by atoms with Crippen molar-refractivity contribution in [1.82, 2.24) is 0 Å². The second-order valence-electron chi connectivity index (χ2n) is 5.88. The van der Waals surface area contributed by atoms with Gasteiger partial charge in [0.25, 0.3) is 11.8 Å². The minimum Gasteiger partial charge on any atom is -0.483 e. The Bertz CT molecular complexity index is 794. The number of anilines is 1. The molecule has 0 saturated heterocycles. The Hall–Kier alpha value is -2.47. The fraction of sp³-hybridized carbons (Fsp3) is 0.263. The number of benzene rings is 2. The third-order valence-electron chi connectivity index (χ3n) is 4.05. The standard InChI is InChI=1S/C19H20N2O3S/c1-13-10-11-21(15-7-3-5-9-17(15)25-13)18(22)12-24-16-8-4-2-6-14(16)19(20)23/h2-9,13H,10-12H2,1H3,(H2,20,23)/t13-/m0/s1. The highest BCUT2D eigenvalue weighted by Gasteiger charge is 2.24. The van der Waals surface area contributed by atoms with E-state index in [0.29, 0.717) is 17.5 Å². The average Bonchev–Trinajstić information content (AvgIpc) is 2.78. The third-order valence-corrected chi connectivity index (χ3v) is 5.29. The van der Waals surface area contributed by atoms with Gasteiger partial charge in [-0.05, 0) is 30.7 Å². The Morgan fingerprint density at radius 3 is 2.72 bits per heavy atom. The van der Waals surface area contributed by atoms with Crippen molar-refractivity contribution in [3.8, 4) is 5.75 Å². The molecule has 0 fully saturated rings. The highest BCUT2D eigenvalue weighted by molar-refractivity contribution is 8.00.